The van der Waals surface area contributed by atoms with Crippen molar-refractivity contribution in [2.75, 3.05) is 31.2 Å². The molecule has 8 nitrogen and oxygen atoms in total. The Morgan fingerprint density at radius 2 is 1.90 bits per heavy atom. The molecule has 0 radical (unpaired) electrons. The van der Waals surface area contributed by atoms with Crippen molar-refractivity contribution in [3.63, 3.8) is 0 Å². The highest BCUT2D eigenvalue weighted by Gasteiger charge is 2.28. The summed E-state index contributed by atoms with van der Waals surface area (Å²) in [4.78, 5) is 29.1. The molecule has 1 saturated heterocycles. The van der Waals surface area contributed by atoms with Gasteiger partial charge in [-0.1, -0.05) is 39.0 Å². The highest BCUT2D eigenvalue weighted by atomic mass is 19.1. The molecule has 0 bridgehead atoms. The lowest BCUT2D eigenvalue weighted by Gasteiger charge is -2.37. The zero-order chi connectivity index (χ0) is 30.0. The van der Waals surface area contributed by atoms with E-state index >= 15 is 0 Å². The standard InChI is InChI=1S/C33H37FN6O2/c1-21-14-24(18-39(5)32(21)41)23-8-11-28-27(15-23)31(38-30(37-28)25(16-35)17-36-20-33(2,3)4)40-12-13-42-19-29(40)22-6-9-26(34)10-7-22/h6-11,14-18,29H,12-13,19-20,35H2,1-5H3/b25-16+,36-17?. The van der Waals surface area contributed by atoms with Crippen LogP contribution in [0.1, 0.15) is 43.8 Å². The highest BCUT2D eigenvalue weighted by molar-refractivity contribution is 6.09. The number of halogens is 1. The van der Waals surface area contributed by atoms with E-state index < -0.39 is 0 Å². The summed E-state index contributed by atoms with van der Waals surface area (Å²) in [5, 5.41) is 0.847. The Labute approximate surface area is 245 Å². The molecule has 3 heterocycles. The minimum absolute atomic E-state index is 0.0253. The Balaban J connectivity index is 1.69. The maximum atomic E-state index is 13.8. The summed E-state index contributed by atoms with van der Waals surface area (Å²) in [6.07, 6.45) is 5.05. The summed E-state index contributed by atoms with van der Waals surface area (Å²) in [6.45, 7) is 10.3. The van der Waals surface area contributed by atoms with Crippen LogP contribution in [0.5, 0.6) is 0 Å². The van der Waals surface area contributed by atoms with E-state index in [9.17, 15) is 9.18 Å². The normalized spacial score (nSPS) is 16.5. The van der Waals surface area contributed by atoms with Gasteiger partial charge in [0.05, 0.1) is 30.3 Å². The zero-order valence-corrected chi connectivity index (χ0v) is 24.8. The van der Waals surface area contributed by atoms with Crippen LogP contribution in [0.15, 0.2) is 70.7 Å². The Hall–Kier alpha value is -4.37. The zero-order valence-electron chi connectivity index (χ0n) is 24.8. The second kappa shape index (κ2) is 11.9. The van der Waals surface area contributed by atoms with Gasteiger partial charge in [0, 0.05) is 49.7 Å². The van der Waals surface area contributed by atoms with Crippen molar-refractivity contribution < 1.29 is 9.13 Å². The van der Waals surface area contributed by atoms with Gasteiger partial charge in [-0.05, 0) is 59.4 Å². The summed E-state index contributed by atoms with van der Waals surface area (Å²) < 4.78 is 21.3. The van der Waals surface area contributed by atoms with Gasteiger partial charge >= 0.3 is 0 Å². The largest absolute Gasteiger partial charge is 0.404 e. The van der Waals surface area contributed by atoms with Crippen LogP contribution in [-0.2, 0) is 11.8 Å². The van der Waals surface area contributed by atoms with Gasteiger partial charge in [0.15, 0.2) is 5.82 Å². The van der Waals surface area contributed by atoms with Crippen LogP contribution in [0.25, 0.3) is 27.6 Å². The SMILES string of the molecule is Cc1cc(-c2ccc3nc(/C(C=NCC(C)(C)C)=C/N)nc(N4CCOCC4c4ccc(F)cc4)c3c2)cn(C)c1=O. The maximum absolute atomic E-state index is 13.8. The summed E-state index contributed by atoms with van der Waals surface area (Å²) in [7, 11) is 1.75. The molecule has 0 amide bonds. The van der Waals surface area contributed by atoms with Crippen molar-refractivity contribution in [3.05, 3.63) is 94.1 Å². The number of nitrogens with zero attached hydrogens (tertiary/aromatic N) is 5. The number of morpholine rings is 1. The topological polar surface area (TPSA) is 98.6 Å². The van der Waals surface area contributed by atoms with E-state index in [-0.39, 0.29) is 22.8 Å². The molecule has 2 aromatic heterocycles. The van der Waals surface area contributed by atoms with Gasteiger partial charge in [-0.25, -0.2) is 14.4 Å². The van der Waals surface area contributed by atoms with Crippen molar-refractivity contribution >= 4 is 28.5 Å². The van der Waals surface area contributed by atoms with Crippen LogP contribution < -0.4 is 16.2 Å². The molecule has 218 valence electrons. The molecule has 1 atom stereocenters. The molecule has 9 heteroatoms. The van der Waals surface area contributed by atoms with Crippen LogP contribution in [-0.4, -0.2) is 47.1 Å². The number of pyridine rings is 1. The monoisotopic (exact) mass is 568 g/mol. The number of hydrogen-bond donors (Lipinski definition) is 1. The molecule has 2 N–H and O–H groups in total. The number of anilines is 1. The number of rotatable bonds is 6. The van der Waals surface area contributed by atoms with E-state index in [1.165, 1.54) is 18.3 Å². The van der Waals surface area contributed by atoms with Gasteiger partial charge in [0.25, 0.3) is 5.56 Å². The lowest BCUT2D eigenvalue weighted by Crippen LogP contribution is -2.40. The first kappa shape index (κ1) is 29.1. The Morgan fingerprint density at radius 1 is 1.14 bits per heavy atom. The van der Waals surface area contributed by atoms with Crippen molar-refractivity contribution in [1.29, 1.82) is 0 Å². The fourth-order valence-corrected chi connectivity index (χ4v) is 5.09. The number of nitrogens with two attached hydrogens (primary N) is 1. The number of aliphatic imine (C=N–C) groups is 1. The Bertz CT molecular complexity index is 1690. The lowest BCUT2D eigenvalue weighted by molar-refractivity contribution is 0.0938. The van der Waals surface area contributed by atoms with Crippen LogP contribution in [0.4, 0.5) is 10.2 Å². The van der Waals surface area contributed by atoms with Crippen LogP contribution in [0, 0.1) is 18.2 Å². The molecule has 0 aliphatic carbocycles. The predicted molar refractivity (Wildman–Crippen MR) is 167 cm³/mol. The van der Waals surface area contributed by atoms with E-state index in [4.69, 9.17) is 20.4 Å². The van der Waals surface area contributed by atoms with Crippen molar-refractivity contribution in [2.24, 2.45) is 23.2 Å². The Morgan fingerprint density at radius 3 is 2.60 bits per heavy atom. The number of benzene rings is 2. The third kappa shape index (κ3) is 6.26. The molecular weight excluding hydrogens is 531 g/mol. The van der Waals surface area contributed by atoms with Crippen LogP contribution in [0.2, 0.25) is 0 Å². The van der Waals surface area contributed by atoms with Gasteiger partial charge in [-0.15, -0.1) is 0 Å². The minimum atomic E-state index is -0.290. The molecule has 1 aliphatic rings. The Kier molecular flexibility index (Phi) is 8.22. The number of allylic oxidation sites excluding steroid dienone is 1. The van der Waals surface area contributed by atoms with E-state index in [0.29, 0.717) is 43.3 Å². The molecule has 0 spiro atoms. The molecular formula is C33H37FN6O2. The third-order valence-corrected chi connectivity index (χ3v) is 7.26. The summed E-state index contributed by atoms with van der Waals surface area (Å²) in [5.74, 6) is 0.897. The second-order valence-electron chi connectivity index (χ2n) is 11.9. The highest BCUT2D eigenvalue weighted by Crippen LogP contribution is 2.36. The number of hydrogen-bond acceptors (Lipinski definition) is 7. The lowest BCUT2D eigenvalue weighted by atomic mass is 9.97. The number of aryl methyl sites for hydroxylation is 2. The second-order valence-corrected chi connectivity index (χ2v) is 11.9. The smallest absolute Gasteiger partial charge is 0.253 e. The van der Waals surface area contributed by atoms with Gasteiger partial charge in [0.2, 0.25) is 0 Å². The first-order valence-electron chi connectivity index (χ1n) is 14.1. The van der Waals surface area contributed by atoms with Gasteiger partial charge in [0.1, 0.15) is 11.6 Å². The average Bonchev–Trinajstić information content (AvgIpc) is 2.97. The number of ether oxygens (including phenoxy) is 1. The van der Waals surface area contributed by atoms with Crippen molar-refractivity contribution in [2.45, 2.75) is 33.7 Å². The molecule has 1 fully saturated rings. The van der Waals surface area contributed by atoms with Crippen LogP contribution >= 0.6 is 0 Å². The van der Waals surface area contributed by atoms with E-state index in [2.05, 4.69) is 36.7 Å². The quantitative estimate of drug-likeness (QED) is 0.311. The third-order valence-electron chi connectivity index (χ3n) is 7.26. The summed E-state index contributed by atoms with van der Waals surface area (Å²) >= 11 is 0. The summed E-state index contributed by atoms with van der Waals surface area (Å²) in [6, 6.07) is 14.2. The fraction of sp³-hybridized carbons (Fsp3) is 0.333. The van der Waals surface area contributed by atoms with E-state index in [0.717, 1.165) is 33.4 Å². The van der Waals surface area contributed by atoms with E-state index in [1.807, 2.05) is 31.3 Å². The molecule has 1 unspecified atom stereocenters. The van der Waals surface area contributed by atoms with Crippen molar-refractivity contribution in [3.8, 4) is 11.1 Å². The molecule has 2 aromatic carbocycles. The minimum Gasteiger partial charge on any atom is -0.404 e. The first-order valence-corrected chi connectivity index (χ1v) is 14.1. The number of fused-ring (bicyclic) bond motifs is 1. The molecule has 4 aromatic rings. The maximum Gasteiger partial charge on any atom is 0.253 e. The van der Waals surface area contributed by atoms with Gasteiger partial charge in [-0.2, -0.15) is 0 Å². The number of aromatic nitrogens is 3. The summed E-state index contributed by atoms with van der Waals surface area (Å²) in [5.41, 5.74) is 10.9. The molecule has 1 aliphatic heterocycles. The van der Waals surface area contributed by atoms with E-state index in [1.54, 1.807) is 30.0 Å². The molecule has 0 saturated carbocycles. The molecule has 42 heavy (non-hydrogen) atoms. The van der Waals surface area contributed by atoms with Gasteiger partial charge < -0.3 is 19.9 Å². The fourth-order valence-electron chi connectivity index (χ4n) is 5.09. The van der Waals surface area contributed by atoms with Crippen molar-refractivity contribution in [1.82, 2.24) is 14.5 Å². The predicted octanol–water partition coefficient (Wildman–Crippen LogP) is 5.44. The first-order chi connectivity index (χ1) is 20.0. The van der Waals surface area contributed by atoms with Gasteiger partial charge in [-0.3, -0.25) is 9.79 Å². The molecule has 5 rings (SSSR count). The van der Waals surface area contributed by atoms with Crippen LogP contribution in [0.3, 0.4) is 0 Å². The average molecular weight is 569 g/mol.